The quantitative estimate of drug-likeness (QED) is 0.580. The minimum atomic E-state index is 0.573. The summed E-state index contributed by atoms with van der Waals surface area (Å²) in [5, 5.41) is 5.26. The molecule has 1 aromatic rings. The highest BCUT2D eigenvalue weighted by Gasteiger charge is 2.24. The summed E-state index contributed by atoms with van der Waals surface area (Å²) in [6, 6.07) is 0. The second-order valence-corrected chi connectivity index (χ2v) is 6.62. The van der Waals surface area contributed by atoms with Gasteiger partial charge in [0, 0.05) is 17.3 Å². The number of aryl methyl sites for hydroxylation is 1. The molecule has 2 unspecified atom stereocenters. The third-order valence-corrected chi connectivity index (χ3v) is 4.64. The van der Waals surface area contributed by atoms with Gasteiger partial charge in [0.15, 0.2) is 0 Å². The van der Waals surface area contributed by atoms with E-state index < -0.39 is 0 Å². The van der Waals surface area contributed by atoms with Crippen LogP contribution in [0.25, 0.3) is 0 Å². The van der Waals surface area contributed by atoms with Crippen LogP contribution in [0.4, 0.5) is 0 Å². The van der Waals surface area contributed by atoms with Gasteiger partial charge in [0.05, 0.1) is 16.9 Å². The molecule has 1 aliphatic rings. The summed E-state index contributed by atoms with van der Waals surface area (Å²) >= 11 is 10.1. The van der Waals surface area contributed by atoms with Crippen molar-refractivity contribution in [3.05, 3.63) is 16.9 Å². The normalized spacial score (nSPS) is 25.8. The fourth-order valence-electron chi connectivity index (χ4n) is 2.72. The molecule has 0 bridgehead atoms. The number of aromatic nitrogens is 2. The summed E-state index contributed by atoms with van der Waals surface area (Å²) in [4.78, 5) is 0.635. The average molecular weight is 320 g/mol. The first-order valence-electron chi connectivity index (χ1n) is 6.57. The van der Waals surface area contributed by atoms with Gasteiger partial charge in [-0.3, -0.25) is 4.68 Å². The van der Waals surface area contributed by atoms with Gasteiger partial charge in [-0.1, -0.05) is 47.3 Å². The lowest BCUT2D eigenvalue weighted by molar-refractivity contribution is 0.504. The molecule has 1 aliphatic carbocycles. The van der Waals surface area contributed by atoms with Gasteiger partial charge >= 0.3 is 0 Å². The summed E-state index contributed by atoms with van der Waals surface area (Å²) in [7, 11) is 0. The van der Waals surface area contributed by atoms with Gasteiger partial charge in [-0.2, -0.15) is 5.10 Å². The molecule has 0 radical (unpaired) electrons. The Morgan fingerprint density at radius 3 is 3.00 bits per heavy atom. The zero-order valence-corrected chi connectivity index (χ0v) is 12.7. The number of hydrogen-bond donors (Lipinski definition) is 0. The van der Waals surface area contributed by atoms with Crippen LogP contribution < -0.4 is 0 Å². The van der Waals surface area contributed by atoms with E-state index in [4.69, 9.17) is 11.6 Å². The van der Waals surface area contributed by atoms with E-state index in [1.807, 2.05) is 0 Å². The van der Waals surface area contributed by atoms with Gasteiger partial charge in [0.2, 0.25) is 0 Å². The Hall–Kier alpha value is -0.0200. The van der Waals surface area contributed by atoms with Gasteiger partial charge in [-0.25, -0.2) is 0 Å². The fraction of sp³-hybridized carbons (Fsp3) is 0.769. The molecule has 0 aromatic carbocycles. The predicted molar refractivity (Wildman–Crippen MR) is 76.1 cm³/mol. The number of nitrogens with zero attached hydrogens (tertiary/aromatic N) is 2. The van der Waals surface area contributed by atoms with Crippen LogP contribution in [-0.2, 0) is 6.54 Å². The SMILES string of the molecule is CCCn1ncc(Cl)c1C1CCCCC(Br)C1. The zero-order valence-electron chi connectivity index (χ0n) is 10.3. The molecule has 17 heavy (non-hydrogen) atoms. The van der Waals surface area contributed by atoms with E-state index in [1.165, 1.54) is 37.8 Å². The van der Waals surface area contributed by atoms with Crippen molar-refractivity contribution in [1.29, 1.82) is 0 Å². The topological polar surface area (TPSA) is 17.8 Å². The molecule has 0 amide bonds. The molecule has 1 aromatic heterocycles. The molecule has 1 heterocycles. The van der Waals surface area contributed by atoms with Crippen molar-refractivity contribution in [3.8, 4) is 0 Å². The van der Waals surface area contributed by atoms with Gasteiger partial charge < -0.3 is 0 Å². The van der Waals surface area contributed by atoms with Gasteiger partial charge in [0.25, 0.3) is 0 Å². The number of halogens is 2. The summed E-state index contributed by atoms with van der Waals surface area (Å²) in [6.07, 6.45) is 9.27. The molecule has 4 heteroatoms. The third kappa shape index (κ3) is 3.25. The summed E-state index contributed by atoms with van der Waals surface area (Å²) in [5.41, 5.74) is 1.26. The molecule has 0 spiro atoms. The van der Waals surface area contributed by atoms with Crippen molar-refractivity contribution in [2.45, 2.75) is 62.7 Å². The van der Waals surface area contributed by atoms with Crippen LogP contribution in [0.15, 0.2) is 6.20 Å². The van der Waals surface area contributed by atoms with Crippen LogP contribution in [0.2, 0.25) is 5.02 Å². The van der Waals surface area contributed by atoms with Gasteiger partial charge in [-0.05, 0) is 25.7 Å². The Balaban J connectivity index is 2.21. The minimum Gasteiger partial charge on any atom is -0.268 e. The first-order valence-corrected chi connectivity index (χ1v) is 7.87. The van der Waals surface area contributed by atoms with E-state index in [0.717, 1.165) is 18.0 Å². The van der Waals surface area contributed by atoms with Crippen molar-refractivity contribution in [2.24, 2.45) is 0 Å². The number of alkyl halides is 1. The molecule has 1 saturated carbocycles. The highest BCUT2D eigenvalue weighted by atomic mass is 79.9. The maximum Gasteiger partial charge on any atom is 0.0820 e. The van der Waals surface area contributed by atoms with E-state index in [1.54, 1.807) is 6.20 Å². The van der Waals surface area contributed by atoms with Crippen LogP contribution >= 0.6 is 27.5 Å². The van der Waals surface area contributed by atoms with Crippen molar-refractivity contribution in [2.75, 3.05) is 0 Å². The van der Waals surface area contributed by atoms with E-state index in [2.05, 4.69) is 32.6 Å². The molecule has 1 fully saturated rings. The highest BCUT2D eigenvalue weighted by molar-refractivity contribution is 9.09. The fourth-order valence-corrected chi connectivity index (χ4v) is 3.79. The Labute approximate surface area is 117 Å². The Morgan fingerprint density at radius 2 is 2.24 bits per heavy atom. The standard InChI is InChI=1S/C13H20BrClN2/c1-2-7-17-13(12(15)9-16-17)10-5-3-4-6-11(14)8-10/h9-11H,2-8H2,1H3. The summed E-state index contributed by atoms with van der Waals surface area (Å²) in [5.74, 6) is 0.573. The van der Waals surface area contributed by atoms with Crippen LogP contribution in [0.5, 0.6) is 0 Å². The van der Waals surface area contributed by atoms with E-state index in [9.17, 15) is 0 Å². The van der Waals surface area contributed by atoms with E-state index in [-0.39, 0.29) is 0 Å². The molecular formula is C13H20BrClN2. The Kier molecular flexibility index (Phi) is 4.92. The third-order valence-electron chi connectivity index (χ3n) is 3.52. The number of rotatable bonds is 3. The second-order valence-electron chi connectivity index (χ2n) is 4.92. The molecule has 0 N–H and O–H groups in total. The van der Waals surface area contributed by atoms with Crippen LogP contribution in [0.1, 0.15) is 57.1 Å². The molecule has 0 aliphatic heterocycles. The summed E-state index contributed by atoms with van der Waals surface area (Å²) in [6.45, 7) is 3.16. The summed E-state index contributed by atoms with van der Waals surface area (Å²) < 4.78 is 2.11. The van der Waals surface area contributed by atoms with Crippen molar-refractivity contribution >= 4 is 27.5 Å². The lowest BCUT2D eigenvalue weighted by atomic mass is 9.96. The van der Waals surface area contributed by atoms with Crippen molar-refractivity contribution in [3.63, 3.8) is 0 Å². The first kappa shape index (κ1) is 13.4. The van der Waals surface area contributed by atoms with Crippen molar-refractivity contribution in [1.82, 2.24) is 9.78 Å². The molecule has 0 saturated heterocycles. The molecular weight excluding hydrogens is 300 g/mol. The van der Waals surface area contributed by atoms with Gasteiger partial charge in [0.1, 0.15) is 0 Å². The Morgan fingerprint density at radius 1 is 1.47 bits per heavy atom. The highest BCUT2D eigenvalue weighted by Crippen LogP contribution is 2.37. The zero-order chi connectivity index (χ0) is 12.3. The average Bonchev–Trinajstić information content (AvgIpc) is 2.52. The maximum absolute atomic E-state index is 6.32. The second kappa shape index (κ2) is 6.24. The first-order chi connectivity index (χ1) is 8.22. The maximum atomic E-state index is 6.32. The lowest BCUT2D eigenvalue weighted by Gasteiger charge is -2.18. The van der Waals surface area contributed by atoms with Crippen molar-refractivity contribution < 1.29 is 0 Å². The van der Waals surface area contributed by atoms with Crippen LogP contribution in [0.3, 0.4) is 0 Å². The molecule has 2 rings (SSSR count). The smallest absolute Gasteiger partial charge is 0.0820 e. The molecule has 96 valence electrons. The molecule has 2 nitrogen and oxygen atoms in total. The Bertz CT molecular complexity index is 364. The minimum absolute atomic E-state index is 0.573. The molecule has 2 atom stereocenters. The van der Waals surface area contributed by atoms with Gasteiger partial charge in [-0.15, -0.1) is 0 Å². The van der Waals surface area contributed by atoms with E-state index >= 15 is 0 Å². The van der Waals surface area contributed by atoms with E-state index in [0.29, 0.717) is 10.7 Å². The number of hydrogen-bond acceptors (Lipinski definition) is 1. The predicted octanol–water partition coefficient (Wildman–Crippen LogP) is 4.76. The van der Waals surface area contributed by atoms with Crippen LogP contribution in [-0.4, -0.2) is 14.6 Å². The monoisotopic (exact) mass is 318 g/mol. The lowest BCUT2D eigenvalue weighted by Crippen LogP contribution is -2.12. The largest absolute Gasteiger partial charge is 0.268 e. The van der Waals surface area contributed by atoms with Crippen LogP contribution in [0, 0.1) is 0 Å².